The summed E-state index contributed by atoms with van der Waals surface area (Å²) in [6, 6.07) is -1.51. The molecular formula is C44H63ClF3N7O8S. The van der Waals surface area contributed by atoms with Gasteiger partial charge in [-0.25, -0.2) is 4.79 Å². The van der Waals surface area contributed by atoms with Crippen LogP contribution in [0.25, 0.3) is 10.1 Å². The molecule has 8 atom stereocenters. The minimum absolute atomic E-state index is 0.00214. The van der Waals surface area contributed by atoms with Gasteiger partial charge in [-0.05, 0) is 79.8 Å². The maximum absolute atomic E-state index is 14.7. The van der Waals surface area contributed by atoms with Gasteiger partial charge in [-0.2, -0.15) is 18.4 Å². The number of thiophene rings is 1. The van der Waals surface area contributed by atoms with E-state index < -0.39 is 103 Å². The molecule has 0 saturated carbocycles. The molecule has 2 aromatic rings. The maximum Gasteiger partial charge on any atom is 0.391 e. The molecule has 1 aromatic heterocycles. The molecule has 1 saturated heterocycles. The highest BCUT2D eigenvalue weighted by Crippen LogP contribution is 2.33. The molecule has 0 bridgehead atoms. The molecule has 1 aliphatic rings. The fourth-order valence-electron chi connectivity index (χ4n) is 7.59. The van der Waals surface area contributed by atoms with Crippen molar-refractivity contribution in [1.82, 2.24) is 30.7 Å². The Labute approximate surface area is 382 Å². The van der Waals surface area contributed by atoms with Crippen LogP contribution in [0.1, 0.15) is 92.6 Å². The van der Waals surface area contributed by atoms with Crippen molar-refractivity contribution in [2.24, 2.45) is 17.8 Å². The number of esters is 1. The van der Waals surface area contributed by atoms with Gasteiger partial charge in [0.2, 0.25) is 23.6 Å². The first kappa shape index (κ1) is 53.8. The summed E-state index contributed by atoms with van der Waals surface area (Å²) in [5, 5.41) is 32.4. The van der Waals surface area contributed by atoms with Gasteiger partial charge in [-0.3, -0.25) is 28.9 Å². The van der Waals surface area contributed by atoms with E-state index in [2.05, 4.69) is 16.0 Å². The number of nitrogens with one attached hydrogen (secondary N) is 3. The number of nitriles is 1. The maximum atomic E-state index is 14.7. The second-order valence-corrected chi connectivity index (χ2v) is 19.1. The van der Waals surface area contributed by atoms with Gasteiger partial charge in [0.25, 0.3) is 5.91 Å². The summed E-state index contributed by atoms with van der Waals surface area (Å²) >= 11 is 7.88. The van der Waals surface area contributed by atoms with Crippen LogP contribution in [0.5, 0.6) is 0 Å². The van der Waals surface area contributed by atoms with E-state index in [0.29, 0.717) is 10.6 Å². The largest absolute Gasteiger partial charge is 0.451 e. The molecule has 64 heavy (non-hydrogen) atoms. The summed E-state index contributed by atoms with van der Waals surface area (Å²) < 4.78 is 48.6. The van der Waals surface area contributed by atoms with Crippen molar-refractivity contribution in [2.45, 2.75) is 148 Å². The molecule has 0 spiro atoms. The molecule has 1 aliphatic heterocycles. The highest BCUT2D eigenvalue weighted by atomic mass is 35.5. The lowest BCUT2D eigenvalue weighted by Crippen LogP contribution is -2.62. The topological polar surface area (TPSA) is 201 Å². The van der Waals surface area contributed by atoms with E-state index in [-0.39, 0.29) is 49.9 Å². The second kappa shape index (κ2) is 23.6. The highest BCUT2D eigenvalue weighted by Gasteiger charge is 2.43. The minimum atomic E-state index is -5.00. The third-order valence-corrected chi connectivity index (χ3v) is 12.7. The van der Waals surface area contributed by atoms with Gasteiger partial charge in [0, 0.05) is 26.9 Å². The number of hydrogen-bond acceptors (Lipinski definition) is 11. The number of benzene rings is 1. The predicted octanol–water partition coefficient (Wildman–Crippen LogP) is 5.16. The number of hydrogen-bond donors (Lipinski definition) is 4. The minimum Gasteiger partial charge on any atom is -0.451 e. The summed E-state index contributed by atoms with van der Waals surface area (Å²) in [4.78, 5) is 88.0. The van der Waals surface area contributed by atoms with Crippen LogP contribution in [0.2, 0.25) is 5.02 Å². The van der Waals surface area contributed by atoms with E-state index >= 15 is 0 Å². The Bertz CT molecular complexity index is 2010. The Kier molecular flexibility index (Phi) is 19.9. The molecule has 1 aromatic carbocycles. The number of cyclic esters (lactones) is 1. The van der Waals surface area contributed by atoms with Gasteiger partial charge in [-0.1, -0.05) is 65.3 Å². The first-order valence-corrected chi connectivity index (χ1v) is 22.7. The summed E-state index contributed by atoms with van der Waals surface area (Å²) in [5.41, 5.74) is 0.705. The summed E-state index contributed by atoms with van der Waals surface area (Å²) in [5.74, 6) is -6.56. The number of alkyl halides is 3. The number of carbonyl (C=O) groups is 6. The quantitative estimate of drug-likeness (QED) is 0.218. The SMILES string of the molecule is CC(C)C[C@@H]1NC(=O)[C@H](Cc2csc3c(Cl)cccc23)N(C)C(O)[C@H](CC(C)C)NC(=O)[C@H](CC(C)C)N(C)C(=O)[C@H](CC(F)(F)F)NC(=O)[C@@H](CCC#N)OC(=O)[C@H](C)N(C)C1=O. The molecule has 1 fully saturated rings. The molecule has 4 N–H and O–H groups in total. The second-order valence-electron chi connectivity index (χ2n) is 17.8. The number of aliphatic hydroxyl groups is 1. The standard InChI is InChI=1S/C44H63ClF3N7O8S/c1-23(2)17-30-40(59)53(8)26(7)43(62)63-35(15-12-16-49)39(58)52-32(21-44(46,47)48)42(61)54(9)33(19-25(5)6)37(56)51-31(18-24(3)4)41(60)55(10)34(38(57)50-30)20-27-22-64-36-28(27)13-11-14-29(36)45/h11,13-14,22-26,30-35,41,60H,12,15,17-21H2,1-10H3,(H,50,57)(H,51,56)(H,52,58)/t26-,30-,31-,32-,33-,34-,35+,41?/m0/s1. The van der Waals surface area contributed by atoms with Crippen LogP contribution in [0.4, 0.5) is 13.2 Å². The molecule has 5 amide bonds. The van der Waals surface area contributed by atoms with Crippen molar-refractivity contribution in [2.75, 3.05) is 21.1 Å². The molecule has 0 aliphatic carbocycles. The van der Waals surface area contributed by atoms with Gasteiger partial charge in [-0.15, -0.1) is 11.3 Å². The number of aliphatic hydroxyl groups excluding tert-OH is 1. The zero-order chi connectivity index (χ0) is 48.4. The van der Waals surface area contributed by atoms with Crippen LogP contribution in [0, 0.1) is 29.1 Å². The molecule has 3 rings (SSSR count). The molecule has 2 heterocycles. The monoisotopic (exact) mass is 941 g/mol. The molecular weight excluding hydrogens is 879 g/mol. The number of nitrogens with zero attached hydrogens (tertiary/aromatic N) is 4. The fourth-order valence-corrected chi connectivity index (χ4v) is 8.89. The molecule has 15 nitrogen and oxygen atoms in total. The van der Waals surface area contributed by atoms with E-state index in [9.17, 15) is 52.3 Å². The van der Waals surface area contributed by atoms with E-state index in [1.165, 1.54) is 37.3 Å². The number of carbonyl (C=O) groups excluding carboxylic acids is 6. The van der Waals surface area contributed by atoms with Crippen molar-refractivity contribution < 1.29 is 51.8 Å². The lowest BCUT2D eigenvalue weighted by atomic mass is 9.96. The first-order chi connectivity index (χ1) is 29.8. The van der Waals surface area contributed by atoms with E-state index in [4.69, 9.17) is 16.3 Å². The van der Waals surface area contributed by atoms with Crippen molar-refractivity contribution in [3.8, 4) is 6.07 Å². The number of amides is 5. The van der Waals surface area contributed by atoms with E-state index in [1.54, 1.807) is 32.0 Å². The number of fused-ring (bicyclic) bond motifs is 1. The molecule has 20 heteroatoms. The number of rotatable bonds is 11. The number of ether oxygens (including phenoxy) is 1. The molecule has 0 radical (unpaired) electrons. The van der Waals surface area contributed by atoms with Crippen LogP contribution >= 0.6 is 22.9 Å². The normalized spacial score (nSPS) is 25.9. The Morgan fingerprint density at radius 2 is 1.42 bits per heavy atom. The number of halogens is 4. The van der Waals surface area contributed by atoms with E-state index in [1.807, 2.05) is 39.1 Å². The van der Waals surface area contributed by atoms with Crippen molar-refractivity contribution in [3.05, 3.63) is 34.2 Å². The smallest absolute Gasteiger partial charge is 0.391 e. The highest BCUT2D eigenvalue weighted by molar-refractivity contribution is 7.18. The average Bonchev–Trinajstić information content (AvgIpc) is 3.63. The zero-order valence-electron chi connectivity index (χ0n) is 38.1. The van der Waals surface area contributed by atoms with Gasteiger partial charge in [0.15, 0.2) is 6.10 Å². The van der Waals surface area contributed by atoms with E-state index in [0.717, 1.165) is 26.9 Å². The fraction of sp³-hybridized carbons (Fsp3) is 0.659. The van der Waals surface area contributed by atoms with Gasteiger partial charge in [0.05, 0.1) is 34.3 Å². The third kappa shape index (κ3) is 14.8. The third-order valence-electron chi connectivity index (χ3n) is 11.2. The van der Waals surface area contributed by atoms with Crippen LogP contribution in [-0.2, 0) is 39.9 Å². The molecule has 1 unspecified atom stereocenters. The lowest BCUT2D eigenvalue weighted by Gasteiger charge is -2.39. The Balaban J connectivity index is 2.29. The number of likely N-dealkylation sites (N-methyl/N-ethyl adjacent to an activating group) is 3. The van der Waals surface area contributed by atoms with Crippen LogP contribution in [0.3, 0.4) is 0 Å². The van der Waals surface area contributed by atoms with Crippen LogP contribution in [-0.4, -0.2) is 131 Å². The summed E-state index contributed by atoms with van der Waals surface area (Å²) in [6.07, 6.45) is -10.9. The lowest BCUT2D eigenvalue weighted by molar-refractivity contribution is -0.166. The van der Waals surface area contributed by atoms with Gasteiger partial charge >= 0.3 is 12.1 Å². The predicted molar refractivity (Wildman–Crippen MR) is 236 cm³/mol. The first-order valence-electron chi connectivity index (χ1n) is 21.4. The molecule has 356 valence electrons. The van der Waals surface area contributed by atoms with Crippen molar-refractivity contribution in [1.29, 1.82) is 5.26 Å². The Hall–Kier alpha value is -4.51. The summed E-state index contributed by atoms with van der Waals surface area (Å²) in [7, 11) is 3.90. The zero-order valence-corrected chi connectivity index (χ0v) is 39.7. The van der Waals surface area contributed by atoms with Crippen LogP contribution < -0.4 is 16.0 Å². The summed E-state index contributed by atoms with van der Waals surface area (Å²) in [6.45, 7) is 12.1. The average molecular weight is 943 g/mol. The van der Waals surface area contributed by atoms with Crippen molar-refractivity contribution in [3.63, 3.8) is 0 Å². The van der Waals surface area contributed by atoms with Gasteiger partial charge < -0.3 is 35.6 Å². The Morgan fingerprint density at radius 3 is 2.00 bits per heavy atom. The Morgan fingerprint density at radius 1 is 0.844 bits per heavy atom. The van der Waals surface area contributed by atoms with Crippen molar-refractivity contribution >= 4 is 68.5 Å². The van der Waals surface area contributed by atoms with Crippen LogP contribution in [0.15, 0.2) is 23.6 Å². The van der Waals surface area contributed by atoms with Gasteiger partial charge in [0.1, 0.15) is 30.4 Å².